The van der Waals surface area contributed by atoms with Gasteiger partial charge in [-0.1, -0.05) is 12.1 Å². The molecule has 4 aromatic rings. The van der Waals surface area contributed by atoms with Crippen molar-refractivity contribution in [2.45, 2.75) is 0 Å². The first-order valence-electron chi connectivity index (χ1n) is 7.62. The molecule has 0 spiro atoms. The number of nitrogens with one attached hydrogen (secondary N) is 3. The average molecular weight is 367 g/mol. The van der Waals surface area contributed by atoms with Crippen LogP contribution >= 0.6 is 11.3 Å². The summed E-state index contributed by atoms with van der Waals surface area (Å²) in [6, 6.07) is 7.05. The lowest BCUT2D eigenvalue weighted by Gasteiger charge is -2.02. The number of aromatic amines is 2. The smallest absolute Gasteiger partial charge is 0.354 e. The van der Waals surface area contributed by atoms with Gasteiger partial charge in [-0.25, -0.2) is 9.78 Å². The van der Waals surface area contributed by atoms with E-state index in [1.54, 1.807) is 36.0 Å². The molecule has 0 fully saturated rings. The SMILES string of the molecule is COC(=O)c1cc(-c2csc(NC(=O)c3cccc4cn[nH]c34)n2)c[nH]1. The van der Waals surface area contributed by atoms with Crippen molar-refractivity contribution in [3.8, 4) is 11.3 Å². The molecule has 1 aromatic carbocycles. The largest absolute Gasteiger partial charge is 0.464 e. The van der Waals surface area contributed by atoms with E-state index in [-0.39, 0.29) is 5.91 Å². The third-order valence-corrected chi connectivity index (χ3v) is 4.59. The molecule has 0 radical (unpaired) electrons. The lowest BCUT2D eigenvalue weighted by molar-refractivity contribution is 0.0594. The number of hydrogen-bond acceptors (Lipinski definition) is 6. The van der Waals surface area contributed by atoms with E-state index in [1.807, 2.05) is 6.07 Å². The topological polar surface area (TPSA) is 113 Å². The molecule has 0 aliphatic carbocycles. The third kappa shape index (κ3) is 2.84. The highest BCUT2D eigenvalue weighted by Crippen LogP contribution is 2.26. The molecular weight excluding hydrogens is 354 g/mol. The highest BCUT2D eigenvalue weighted by Gasteiger charge is 2.15. The molecule has 0 saturated heterocycles. The maximum absolute atomic E-state index is 12.5. The maximum Gasteiger partial charge on any atom is 0.354 e. The van der Waals surface area contributed by atoms with Crippen molar-refractivity contribution in [1.29, 1.82) is 0 Å². The molecule has 3 heterocycles. The van der Waals surface area contributed by atoms with Crippen molar-refractivity contribution < 1.29 is 14.3 Å². The molecule has 0 bridgehead atoms. The van der Waals surface area contributed by atoms with Gasteiger partial charge in [-0.05, 0) is 12.1 Å². The maximum atomic E-state index is 12.5. The van der Waals surface area contributed by atoms with Gasteiger partial charge >= 0.3 is 5.97 Å². The lowest BCUT2D eigenvalue weighted by Crippen LogP contribution is -2.12. The van der Waals surface area contributed by atoms with E-state index in [4.69, 9.17) is 0 Å². The number of methoxy groups -OCH3 is 1. The summed E-state index contributed by atoms with van der Waals surface area (Å²) in [7, 11) is 1.32. The first kappa shape index (κ1) is 16.0. The Kier molecular flexibility index (Phi) is 3.98. The molecule has 26 heavy (non-hydrogen) atoms. The van der Waals surface area contributed by atoms with E-state index < -0.39 is 5.97 Å². The van der Waals surface area contributed by atoms with E-state index >= 15 is 0 Å². The molecule has 3 aromatic heterocycles. The second-order valence-corrected chi connectivity index (χ2v) is 6.28. The Morgan fingerprint density at radius 1 is 1.31 bits per heavy atom. The van der Waals surface area contributed by atoms with Crippen molar-refractivity contribution in [3.63, 3.8) is 0 Å². The number of benzene rings is 1. The highest BCUT2D eigenvalue weighted by atomic mass is 32.1. The van der Waals surface area contributed by atoms with Crippen LogP contribution in [0.25, 0.3) is 22.2 Å². The standard InChI is InChI=1S/C17H13N5O3S/c1-25-16(24)12-5-10(6-18-12)13-8-26-17(20-13)21-15(23)11-4-2-3-9-7-19-22-14(9)11/h2-8,18H,1H3,(H,19,22)(H,20,21,23). The zero-order valence-corrected chi connectivity index (χ0v) is 14.4. The van der Waals surface area contributed by atoms with Gasteiger partial charge in [-0.3, -0.25) is 15.2 Å². The molecule has 1 amide bonds. The molecule has 0 unspecified atom stereocenters. The molecule has 3 N–H and O–H groups in total. The number of nitrogens with zero attached hydrogens (tertiary/aromatic N) is 2. The minimum absolute atomic E-state index is 0.273. The predicted molar refractivity (Wildman–Crippen MR) is 97.3 cm³/mol. The van der Waals surface area contributed by atoms with Gasteiger partial charge in [0, 0.05) is 22.5 Å². The summed E-state index contributed by atoms with van der Waals surface area (Å²) in [4.78, 5) is 31.3. The van der Waals surface area contributed by atoms with Crippen molar-refractivity contribution >= 4 is 39.2 Å². The molecule has 9 heteroatoms. The van der Waals surface area contributed by atoms with Gasteiger partial charge in [-0.15, -0.1) is 11.3 Å². The van der Waals surface area contributed by atoms with Crippen LogP contribution in [0.2, 0.25) is 0 Å². The molecule has 8 nitrogen and oxygen atoms in total. The van der Waals surface area contributed by atoms with Gasteiger partial charge < -0.3 is 9.72 Å². The zero-order valence-electron chi connectivity index (χ0n) is 13.6. The van der Waals surface area contributed by atoms with Gasteiger partial charge in [-0.2, -0.15) is 5.10 Å². The van der Waals surface area contributed by atoms with Gasteiger partial charge in [0.2, 0.25) is 0 Å². The highest BCUT2D eigenvalue weighted by molar-refractivity contribution is 7.14. The monoisotopic (exact) mass is 367 g/mol. The fourth-order valence-electron chi connectivity index (χ4n) is 2.56. The summed E-state index contributed by atoms with van der Waals surface area (Å²) < 4.78 is 4.67. The van der Waals surface area contributed by atoms with E-state index in [2.05, 4.69) is 30.2 Å². The van der Waals surface area contributed by atoms with Crippen LogP contribution in [-0.2, 0) is 4.74 Å². The summed E-state index contributed by atoms with van der Waals surface area (Å²) in [5.41, 5.74) is 2.89. The molecule has 0 aliphatic heterocycles. The number of anilines is 1. The number of fused-ring (bicyclic) bond motifs is 1. The van der Waals surface area contributed by atoms with Crippen LogP contribution in [0.5, 0.6) is 0 Å². The van der Waals surface area contributed by atoms with Gasteiger partial charge in [0.25, 0.3) is 5.91 Å². The van der Waals surface area contributed by atoms with Crippen LogP contribution in [-0.4, -0.2) is 39.2 Å². The Bertz CT molecular complexity index is 1110. The van der Waals surface area contributed by atoms with Crippen LogP contribution in [0.1, 0.15) is 20.8 Å². The van der Waals surface area contributed by atoms with E-state index in [9.17, 15) is 9.59 Å². The fraction of sp³-hybridized carbons (Fsp3) is 0.0588. The molecule has 4 rings (SSSR count). The van der Waals surface area contributed by atoms with Crippen molar-refractivity contribution in [2.24, 2.45) is 0 Å². The third-order valence-electron chi connectivity index (χ3n) is 3.83. The summed E-state index contributed by atoms with van der Waals surface area (Å²) in [5, 5.41) is 12.7. The molecule has 0 atom stereocenters. The van der Waals surface area contributed by atoms with Crippen molar-refractivity contribution in [3.05, 3.63) is 53.3 Å². The minimum Gasteiger partial charge on any atom is -0.464 e. The van der Waals surface area contributed by atoms with E-state index in [1.165, 1.54) is 18.4 Å². The summed E-state index contributed by atoms with van der Waals surface area (Å²) in [5.74, 6) is -0.724. The van der Waals surface area contributed by atoms with Crippen molar-refractivity contribution in [2.75, 3.05) is 12.4 Å². The number of hydrogen-bond donors (Lipinski definition) is 3. The quantitative estimate of drug-likeness (QED) is 0.480. The fourth-order valence-corrected chi connectivity index (χ4v) is 3.27. The lowest BCUT2D eigenvalue weighted by atomic mass is 10.1. The van der Waals surface area contributed by atoms with Crippen LogP contribution in [0.15, 0.2) is 42.0 Å². The Labute approximate surface area is 151 Å². The molecule has 0 saturated carbocycles. The number of carbonyl (C=O) groups is 2. The summed E-state index contributed by atoms with van der Waals surface area (Å²) in [6.45, 7) is 0. The van der Waals surface area contributed by atoms with Crippen LogP contribution in [0.3, 0.4) is 0 Å². The average Bonchev–Trinajstić information content (AvgIpc) is 3.39. The number of thiazole rings is 1. The molecule has 0 aliphatic rings. The number of H-pyrrole nitrogens is 2. The van der Waals surface area contributed by atoms with Crippen LogP contribution in [0, 0.1) is 0 Å². The number of para-hydroxylation sites is 1. The van der Waals surface area contributed by atoms with Crippen LogP contribution < -0.4 is 5.32 Å². The van der Waals surface area contributed by atoms with E-state index in [0.29, 0.717) is 27.6 Å². The number of aromatic nitrogens is 4. The number of rotatable bonds is 4. The Hall–Kier alpha value is -3.46. The van der Waals surface area contributed by atoms with Gasteiger partial charge in [0.05, 0.1) is 30.1 Å². The predicted octanol–water partition coefficient (Wildman–Crippen LogP) is 3.05. The first-order valence-corrected chi connectivity index (χ1v) is 8.50. The van der Waals surface area contributed by atoms with Crippen LogP contribution in [0.4, 0.5) is 5.13 Å². The number of amides is 1. The Morgan fingerprint density at radius 2 is 2.19 bits per heavy atom. The van der Waals surface area contributed by atoms with Gasteiger partial charge in [0.15, 0.2) is 5.13 Å². The van der Waals surface area contributed by atoms with Gasteiger partial charge in [0.1, 0.15) is 5.69 Å². The number of esters is 1. The normalized spacial score (nSPS) is 10.8. The Balaban J connectivity index is 1.55. The van der Waals surface area contributed by atoms with E-state index in [0.717, 1.165) is 10.9 Å². The number of carbonyl (C=O) groups excluding carboxylic acids is 2. The second-order valence-electron chi connectivity index (χ2n) is 5.43. The molecule has 130 valence electrons. The molecular formula is C17H13N5O3S. The minimum atomic E-state index is -0.451. The van der Waals surface area contributed by atoms with Crippen molar-refractivity contribution in [1.82, 2.24) is 20.2 Å². The summed E-state index contributed by atoms with van der Waals surface area (Å²) >= 11 is 1.30. The first-order chi connectivity index (χ1) is 12.7. The second kappa shape index (κ2) is 6.45. The zero-order chi connectivity index (χ0) is 18.1. The number of ether oxygens (including phenoxy) is 1. The summed E-state index contributed by atoms with van der Waals surface area (Å²) in [6.07, 6.45) is 3.33. The Morgan fingerprint density at radius 3 is 3.04 bits per heavy atom.